The van der Waals surface area contributed by atoms with E-state index in [9.17, 15) is 4.79 Å². The third-order valence-corrected chi connectivity index (χ3v) is 2.59. The molecule has 0 aromatic heterocycles. The topological polar surface area (TPSA) is 17.1 Å². The van der Waals surface area contributed by atoms with Gasteiger partial charge < -0.3 is 0 Å². The van der Waals surface area contributed by atoms with E-state index in [2.05, 4.69) is 0 Å². The van der Waals surface area contributed by atoms with E-state index in [-0.39, 0.29) is 5.78 Å². The van der Waals surface area contributed by atoms with Gasteiger partial charge in [-0.25, -0.2) is 0 Å². The number of rotatable bonds is 3. The van der Waals surface area contributed by atoms with Crippen molar-refractivity contribution in [3.8, 4) is 0 Å². The lowest BCUT2D eigenvalue weighted by molar-refractivity contribution is 0.0991. The summed E-state index contributed by atoms with van der Waals surface area (Å²) < 4.78 is 0. The van der Waals surface area contributed by atoms with Gasteiger partial charge in [-0.1, -0.05) is 12.1 Å². The van der Waals surface area contributed by atoms with Crippen molar-refractivity contribution >= 4 is 29.0 Å². The summed E-state index contributed by atoms with van der Waals surface area (Å²) in [4.78, 5) is 11.7. The van der Waals surface area contributed by atoms with Crippen molar-refractivity contribution in [2.45, 2.75) is 25.1 Å². The van der Waals surface area contributed by atoms with E-state index in [0.29, 0.717) is 11.4 Å². The average Bonchev–Trinajstić information content (AvgIpc) is 2.17. The Morgan fingerprint density at radius 1 is 1.50 bits per heavy atom. The van der Waals surface area contributed by atoms with E-state index >= 15 is 0 Å². The smallest absolute Gasteiger partial charge is 0.180 e. The van der Waals surface area contributed by atoms with Crippen molar-refractivity contribution in [2.24, 2.45) is 0 Å². The van der Waals surface area contributed by atoms with Gasteiger partial charge in [0.15, 0.2) is 5.78 Å². The molecule has 76 valence electrons. The van der Waals surface area contributed by atoms with Gasteiger partial charge in [-0.15, -0.1) is 23.2 Å². The fourth-order valence-corrected chi connectivity index (χ4v) is 1.52. The summed E-state index contributed by atoms with van der Waals surface area (Å²) in [6, 6.07) is 5.62. The molecule has 1 aromatic carbocycles. The average molecular weight is 231 g/mol. The van der Waals surface area contributed by atoms with E-state index in [1.54, 1.807) is 6.92 Å². The number of halogens is 2. The quantitative estimate of drug-likeness (QED) is 0.574. The molecule has 1 atom stereocenters. The van der Waals surface area contributed by atoms with Crippen LogP contribution in [0, 0.1) is 6.92 Å². The maximum atomic E-state index is 11.7. The Balaban J connectivity index is 3.12. The van der Waals surface area contributed by atoms with Crippen LogP contribution in [-0.2, 0) is 5.88 Å². The van der Waals surface area contributed by atoms with Gasteiger partial charge in [0.2, 0.25) is 0 Å². The molecule has 0 aliphatic heterocycles. The standard InChI is InChI=1S/C11H12Cl2O/c1-7-3-4-9(6-12)5-10(7)11(14)8(2)13/h3-5,8H,6H2,1-2H3. The van der Waals surface area contributed by atoms with E-state index in [1.807, 2.05) is 25.1 Å². The predicted octanol–water partition coefficient (Wildman–Crippen LogP) is 3.54. The van der Waals surface area contributed by atoms with E-state index in [1.165, 1.54) is 0 Å². The number of Topliss-reactive ketones (excluding diaryl/α,β-unsaturated/α-hetero) is 1. The van der Waals surface area contributed by atoms with Gasteiger partial charge in [-0.05, 0) is 31.0 Å². The molecule has 14 heavy (non-hydrogen) atoms. The number of alkyl halides is 2. The zero-order valence-corrected chi connectivity index (χ0v) is 9.69. The molecule has 0 amide bonds. The Morgan fingerprint density at radius 3 is 2.64 bits per heavy atom. The van der Waals surface area contributed by atoms with E-state index in [0.717, 1.165) is 11.1 Å². The number of ketones is 1. The number of carbonyl (C=O) groups is 1. The van der Waals surface area contributed by atoms with Gasteiger partial charge in [-0.2, -0.15) is 0 Å². The first-order valence-corrected chi connectivity index (χ1v) is 5.37. The molecule has 0 N–H and O–H groups in total. The number of hydrogen-bond acceptors (Lipinski definition) is 1. The Hall–Kier alpha value is -0.530. The van der Waals surface area contributed by atoms with Crippen LogP contribution in [-0.4, -0.2) is 11.2 Å². The molecule has 0 aliphatic rings. The first-order chi connectivity index (χ1) is 6.56. The van der Waals surface area contributed by atoms with Crippen molar-refractivity contribution < 1.29 is 4.79 Å². The SMILES string of the molecule is Cc1ccc(CCl)cc1C(=O)C(C)Cl. The monoisotopic (exact) mass is 230 g/mol. The van der Waals surface area contributed by atoms with Gasteiger partial charge >= 0.3 is 0 Å². The molecule has 1 nitrogen and oxygen atoms in total. The van der Waals surface area contributed by atoms with Crippen LogP contribution in [0.25, 0.3) is 0 Å². The highest BCUT2D eigenvalue weighted by atomic mass is 35.5. The van der Waals surface area contributed by atoms with Crippen LogP contribution in [0.3, 0.4) is 0 Å². The minimum atomic E-state index is -0.487. The van der Waals surface area contributed by atoms with Crippen LogP contribution in [0.1, 0.15) is 28.4 Å². The maximum Gasteiger partial charge on any atom is 0.180 e. The first-order valence-electron chi connectivity index (χ1n) is 4.40. The van der Waals surface area contributed by atoms with Crippen LogP contribution in [0.15, 0.2) is 18.2 Å². The summed E-state index contributed by atoms with van der Waals surface area (Å²) in [7, 11) is 0. The zero-order chi connectivity index (χ0) is 10.7. The second-order valence-electron chi connectivity index (χ2n) is 3.26. The molecule has 1 aromatic rings. The van der Waals surface area contributed by atoms with Gasteiger partial charge in [0.1, 0.15) is 0 Å². The molecule has 1 rings (SSSR count). The normalized spacial score (nSPS) is 12.6. The summed E-state index contributed by atoms with van der Waals surface area (Å²) in [5, 5.41) is -0.487. The summed E-state index contributed by atoms with van der Waals surface area (Å²) in [6.45, 7) is 3.57. The lowest BCUT2D eigenvalue weighted by Crippen LogP contribution is -2.12. The lowest BCUT2D eigenvalue weighted by Gasteiger charge is -2.07. The lowest BCUT2D eigenvalue weighted by atomic mass is 10.0. The number of carbonyl (C=O) groups excluding carboxylic acids is 1. The molecular formula is C11H12Cl2O. The third-order valence-electron chi connectivity index (χ3n) is 2.08. The summed E-state index contributed by atoms with van der Waals surface area (Å²) >= 11 is 11.4. The zero-order valence-electron chi connectivity index (χ0n) is 8.18. The molecule has 0 aliphatic carbocycles. The van der Waals surface area contributed by atoms with Gasteiger partial charge in [0.05, 0.1) is 5.38 Å². The van der Waals surface area contributed by atoms with Crippen LogP contribution in [0.5, 0.6) is 0 Å². The van der Waals surface area contributed by atoms with Crippen molar-refractivity contribution in [1.29, 1.82) is 0 Å². The number of benzene rings is 1. The summed E-state index contributed by atoms with van der Waals surface area (Å²) in [5.74, 6) is 0.369. The highest BCUT2D eigenvalue weighted by Gasteiger charge is 2.14. The largest absolute Gasteiger partial charge is 0.293 e. The molecule has 0 radical (unpaired) electrons. The highest BCUT2D eigenvalue weighted by Crippen LogP contribution is 2.16. The van der Waals surface area contributed by atoms with E-state index < -0.39 is 5.38 Å². The van der Waals surface area contributed by atoms with Crippen LogP contribution < -0.4 is 0 Å². The second kappa shape index (κ2) is 4.81. The summed E-state index contributed by atoms with van der Waals surface area (Å²) in [5.41, 5.74) is 2.56. The minimum absolute atomic E-state index is 0.0452. The molecule has 0 heterocycles. The third kappa shape index (κ3) is 2.49. The molecule has 0 saturated heterocycles. The molecule has 1 unspecified atom stereocenters. The predicted molar refractivity (Wildman–Crippen MR) is 60.4 cm³/mol. The number of aryl methyl sites for hydroxylation is 1. The Bertz CT molecular complexity index is 345. The fourth-order valence-electron chi connectivity index (χ4n) is 1.23. The summed E-state index contributed by atoms with van der Waals surface area (Å²) in [6.07, 6.45) is 0. The fraction of sp³-hybridized carbons (Fsp3) is 0.364. The first kappa shape index (κ1) is 11.5. The molecular weight excluding hydrogens is 219 g/mol. The second-order valence-corrected chi connectivity index (χ2v) is 4.19. The Labute approximate surface area is 94.0 Å². The van der Waals surface area contributed by atoms with Crippen molar-refractivity contribution in [3.05, 3.63) is 34.9 Å². The van der Waals surface area contributed by atoms with Gasteiger partial charge in [0, 0.05) is 11.4 Å². The molecule has 0 fully saturated rings. The molecule has 0 bridgehead atoms. The van der Waals surface area contributed by atoms with E-state index in [4.69, 9.17) is 23.2 Å². The van der Waals surface area contributed by atoms with Crippen molar-refractivity contribution in [1.82, 2.24) is 0 Å². The van der Waals surface area contributed by atoms with Crippen LogP contribution in [0.4, 0.5) is 0 Å². The molecule has 0 saturated carbocycles. The maximum absolute atomic E-state index is 11.7. The Morgan fingerprint density at radius 2 is 2.14 bits per heavy atom. The van der Waals surface area contributed by atoms with Crippen molar-refractivity contribution in [3.63, 3.8) is 0 Å². The van der Waals surface area contributed by atoms with Crippen LogP contribution >= 0.6 is 23.2 Å². The van der Waals surface area contributed by atoms with Crippen molar-refractivity contribution in [2.75, 3.05) is 0 Å². The minimum Gasteiger partial charge on any atom is -0.293 e. The Kier molecular flexibility index (Phi) is 3.97. The van der Waals surface area contributed by atoms with Gasteiger partial charge in [0.25, 0.3) is 0 Å². The molecule has 0 spiro atoms. The van der Waals surface area contributed by atoms with Gasteiger partial charge in [-0.3, -0.25) is 4.79 Å². The van der Waals surface area contributed by atoms with Crippen LogP contribution in [0.2, 0.25) is 0 Å². The highest BCUT2D eigenvalue weighted by molar-refractivity contribution is 6.33. The molecule has 3 heteroatoms. The number of hydrogen-bond donors (Lipinski definition) is 0.